The van der Waals surface area contributed by atoms with E-state index in [1.54, 1.807) is 0 Å². The Morgan fingerprint density at radius 1 is 1.06 bits per heavy atom. The van der Waals surface area contributed by atoms with Gasteiger partial charge in [0.25, 0.3) is 0 Å². The molecular weight excluding hydrogens is 196 g/mol. The van der Waals surface area contributed by atoms with Crippen LogP contribution < -0.4 is 10.6 Å². The van der Waals surface area contributed by atoms with Crippen molar-refractivity contribution in [2.24, 2.45) is 11.8 Å². The van der Waals surface area contributed by atoms with Gasteiger partial charge in [-0.15, -0.1) is 0 Å². The third-order valence-electron chi connectivity index (χ3n) is 4.61. The Hall–Kier alpha value is -0.0800. The van der Waals surface area contributed by atoms with E-state index in [0.717, 1.165) is 23.9 Å². The van der Waals surface area contributed by atoms with Crippen molar-refractivity contribution in [2.45, 2.75) is 64.5 Å². The van der Waals surface area contributed by atoms with E-state index in [1.807, 2.05) is 0 Å². The van der Waals surface area contributed by atoms with E-state index in [1.165, 1.54) is 51.6 Å². The number of hydrogen-bond acceptors (Lipinski definition) is 2. The molecule has 2 nitrogen and oxygen atoms in total. The molecule has 2 fully saturated rings. The van der Waals surface area contributed by atoms with E-state index in [2.05, 4.69) is 24.5 Å². The molecular formula is C14H28N2. The van der Waals surface area contributed by atoms with Gasteiger partial charge in [0, 0.05) is 12.1 Å². The minimum absolute atomic E-state index is 0.720. The highest BCUT2D eigenvalue weighted by molar-refractivity contribution is 4.83. The highest BCUT2D eigenvalue weighted by Gasteiger charge is 2.24. The summed E-state index contributed by atoms with van der Waals surface area (Å²) in [6.07, 6.45) is 8.46. The van der Waals surface area contributed by atoms with Crippen molar-refractivity contribution >= 4 is 0 Å². The molecule has 0 spiro atoms. The predicted molar refractivity (Wildman–Crippen MR) is 69.6 cm³/mol. The van der Waals surface area contributed by atoms with Crippen molar-refractivity contribution in [3.8, 4) is 0 Å². The molecule has 1 heterocycles. The zero-order valence-corrected chi connectivity index (χ0v) is 11.0. The third kappa shape index (κ3) is 3.46. The quantitative estimate of drug-likeness (QED) is 0.720. The molecule has 4 unspecified atom stereocenters. The maximum absolute atomic E-state index is 3.81. The molecule has 0 bridgehead atoms. The maximum atomic E-state index is 3.81. The molecule has 2 heteroatoms. The maximum Gasteiger partial charge on any atom is 0.00795 e. The van der Waals surface area contributed by atoms with E-state index < -0.39 is 0 Å². The second kappa shape index (κ2) is 6.02. The summed E-state index contributed by atoms with van der Waals surface area (Å²) in [5.74, 6) is 1.82. The van der Waals surface area contributed by atoms with Crippen LogP contribution in [-0.4, -0.2) is 25.2 Å². The average molecular weight is 224 g/mol. The SMILES string of the molecule is CC1CCCC(NCC2CCNC2C)CC1. The number of nitrogens with one attached hydrogen (secondary N) is 2. The lowest BCUT2D eigenvalue weighted by molar-refractivity contribution is 0.378. The van der Waals surface area contributed by atoms with Crippen LogP contribution >= 0.6 is 0 Å². The van der Waals surface area contributed by atoms with E-state index in [0.29, 0.717) is 0 Å². The Labute approximate surface area is 101 Å². The standard InChI is InChI=1S/C14H28N2/c1-11-4-3-5-14(7-6-11)16-10-13-8-9-15-12(13)2/h11-16H,3-10H2,1-2H3. The van der Waals surface area contributed by atoms with Gasteiger partial charge in [-0.05, 0) is 57.5 Å². The summed E-state index contributed by atoms with van der Waals surface area (Å²) in [7, 11) is 0. The topological polar surface area (TPSA) is 24.1 Å². The molecule has 1 saturated heterocycles. The largest absolute Gasteiger partial charge is 0.314 e. The third-order valence-corrected chi connectivity index (χ3v) is 4.61. The summed E-state index contributed by atoms with van der Waals surface area (Å²) in [6, 6.07) is 1.52. The summed E-state index contributed by atoms with van der Waals surface area (Å²) < 4.78 is 0. The molecule has 2 rings (SSSR count). The lowest BCUT2D eigenvalue weighted by Gasteiger charge is -2.21. The lowest BCUT2D eigenvalue weighted by atomic mass is 10.0. The van der Waals surface area contributed by atoms with E-state index in [4.69, 9.17) is 0 Å². The van der Waals surface area contributed by atoms with E-state index in [-0.39, 0.29) is 0 Å². The molecule has 0 aromatic carbocycles. The van der Waals surface area contributed by atoms with Crippen LogP contribution in [0.15, 0.2) is 0 Å². The van der Waals surface area contributed by atoms with Crippen LogP contribution in [-0.2, 0) is 0 Å². The van der Waals surface area contributed by atoms with Crippen molar-refractivity contribution in [3.63, 3.8) is 0 Å². The molecule has 0 aromatic heterocycles. The summed E-state index contributed by atoms with van der Waals surface area (Å²) in [4.78, 5) is 0. The average Bonchev–Trinajstić information content (AvgIpc) is 2.55. The van der Waals surface area contributed by atoms with Crippen LogP contribution in [0.5, 0.6) is 0 Å². The van der Waals surface area contributed by atoms with E-state index in [9.17, 15) is 0 Å². The van der Waals surface area contributed by atoms with Gasteiger partial charge in [-0.3, -0.25) is 0 Å². The smallest absolute Gasteiger partial charge is 0.00795 e. The fraction of sp³-hybridized carbons (Fsp3) is 1.00. The van der Waals surface area contributed by atoms with Crippen molar-refractivity contribution in [3.05, 3.63) is 0 Å². The molecule has 1 aliphatic carbocycles. The van der Waals surface area contributed by atoms with Gasteiger partial charge < -0.3 is 10.6 Å². The summed E-state index contributed by atoms with van der Waals surface area (Å²) in [6.45, 7) is 7.18. The first-order chi connectivity index (χ1) is 7.75. The van der Waals surface area contributed by atoms with Gasteiger partial charge in [0.15, 0.2) is 0 Å². The lowest BCUT2D eigenvalue weighted by Crippen LogP contribution is -2.36. The number of rotatable bonds is 3. The first-order valence-corrected chi connectivity index (χ1v) is 7.22. The molecule has 1 aliphatic heterocycles. The minimum Gasteiger partial charge on any atom is -0.314 e. The summed E-state index contributed by atoms with van der Waals surface area (Å²) in [5, 5.41) is 7.35. The van der Waals surface area contributed by atoms with Gasteiger partial charge in [0.1, 0.15) is 0 Å². The number of hydrogen-bond donors (Lipinski definition) is 2. The van der Waals surface area contributed by atoms with Crippen LogP contribution in [0.1, 0.15) is 52.4 Å². The van der Waals surface area contributed by atoms with Gasteiger partial charge in [-0.25, -0.2) is 0 Å². The summed E-state index contributed by atoms with van der Waals surface area (Å²) in [5.41, 5.74) is 0. The molecule has 16 heavy (non-hydrogen) atoms. The molecule has 4 atom stereocenters. The normalized spacial score (nSPS) is 40.9. The molecule has 2 N–H and O–H groups in total. The second-order valence-corrected chi connectivity index (χ2v) is 6.01. The highest BCUT2D eigenvalue weighted by atomic mass is 15.0. The Kier molecular flexibility index (Phi) is 4.66. The van der Waals surface area contributed by atoms with E-state index >= 15 is 0 Å². The Balaban J connectivity index is 1.68. The predicted octanol–water partition coefficient (Wildman–Crippen LogP) is 2.54. The Morgan fingerprint density at radius 3 is 2.69 bits per heavy atom. The van der Waals surface area contributed by atoms with Gasteiger partial charge in [-0.1, -0.05) is 19.8 Å². The van der Waals surface area contributed by atoms with Crippen LogP contribution in [0.2, 0.25) is 0 Å². The zero-order valence-electron chi connectivity index (χ0n) is 11.0. The van der Waals surface area contributed by atoms with Gasteiger partial charge in [0.05, 0.1) is 0 Å². The van der Waals surface area contributed by atoms with Crippen LogP contribution in [0.25, 0.3) is 0 Å². The molecule has 0 amide bonds. The first kappa shape index (κ1) is 12.4. The zero-order chi connectivity index (χ0) is 11.4. The van der Waals surface area contributed by atoms with Gasteiger partial charge >= 0.3 is 0 Å². The Morgan fingerprint density at radius 2 is 1.94 bits per heavy atom. The summed E-state index contributed by atoms with van der Waals surface area (Å²) >= 11 is 0. The monoisotopic (exact) mass is 224 g/mol. The molecule has 1 saturated carbocycles. The van der Waals surface area contributed by atoms with Crippen molar-refractivity contribution in [1.29, 1.82) is 0 Å². The molecule has 0 radical (unpaired) electrons. The van der Waals surface area contributed by atoms with Gasteiger partial charge in [-0.2, -0.15) is 0 Å². The van der Waals surface area contributed by atoms with Crippen LogP contribution in [0.4, 0.5) is 0 Å². The molecule has 2 aliphatic rings. The fourth-order valence-corrected chi connectivity index (χ4v) is 3.20. The van der Waals surface area contributed by atoms with Crippen molar-refractivity contribution in [1.82, 2.24) is 10.6 Å². The van der Waals surface area contributed by atoms with Crippen molar-refractivity contribution in [2.75, 3.05) is 13.1 Å². The molecule has 94 valence electrons. The van der Waals surface area contributed by atoms with Crippen molar-refractivity contribution < 1.29 is 0 Å². The second-order valence-electron chi connectivity index (χ2n) is 6.01. The fourth-order valence-electron chi connectivity index (χ4n) is 3.20. The molecule has 0 aromatic rings. The first-order valence-electron chi connectivity index (χ1n) is 7.22. The van der Waals surface area contributed by atoms with Crippen LogP contribution in [0.3, 0.4) is 0 Å². The highest BCUT2D eigenvalue weighted by Crippen LogP contribution is 2.23. The minimum atomic E-state index is 0.720. The van der Waals surface area contributed by atoms with Crippen LogP contribution in [0, 0.1) is 11.8 Å². The van der Waals surface area contributed by atoms with Gasteiger partial charge in [0.2, 0.25) is 0 Å². The Bertz CT molecular complexity index is 205.